The molecule has 0 aliphatic heterocycles. The fourth-order valence-electron chi connectivity index (χ4n) is 1.93. The van der Waals surface area contributed by atoms with Gasteiger partial charge in [0.25, 0.3) is 0 Å². The van der Waals surface area contributed by atoms with Gasteiger partial charge in [0.05, 0.1) is 6.07 Å². The zero-order chi connectivity index (χ0) is 12.4. The second kappa shape index (κ2) is 9.46. The molecule has 1 heteroatoms. The molecule has 16 heavy (non-hydrogen) atoms. The summed E-state index contributed by atoms with van der Waals surface area (Å²) in [6, 6.07) is 2.09. The zero-order valence-corrected chi connectivity index (χ0v) is 11.4. The summed E-state index contributed by atoms with van der Waals surface area (Å²) in [6.07, 6.45) is 9.37. The Morgan fingerprint density at radius 2 is 1.75 bits per heavy atom. The second-order valence-corrected chi connectivity index (χ2v) is 5.44. The van der Waals surface area contributed by atoms with Gasteiger partial charge >= 0.3 is 0 Å². The van der Waals surface area contributed by atoms with E-state index in [-0.39, 0.29) is 0 Å². The largest absolute Gasteiger partial charge is 0.193 e. The number of hydrogen-bond acceptors (Lipinski definition) is 1. The molecule has 0 amide bonds. The Hall–Kier alpha value is -0.770. The van der Waals surface area contributed by atoms with Crippen LogP contribution in [-0.2, 0) is 0 Å². The zero-order valence-electron chi connectivity index (χ0n) is 11.4. The second-order valence-electron chi connectivity index (χ2n) is 5.44. The van der Waals surface area contributed by atoms with Gasteiger partial charge in [-0.25, -0.2) is 0 Å². The van der Waals surface area contributed by atoms with Crippen molar-refractivity contribution in [1.82, 2.24) is 0 Å². The molecular formula is C15H27N. The summed E-state index contributed by atoms with van der Waals surface area (Å²) in [7, 11) is 0. The maximum Gasteiger partial charge on any atom is 0.0911 e. The molecule has 0 rings (SSSR count). The maximum absolute atomic E-state index is 8.49. The van der Waals surface area contributed by atoms with Gasteiger partial charge < -0.3 is 0 Å². The molecular weight excluding hydrogens is 194 g/mol. The van der Waals surface area contributed by atoms with E-state index in [2.05, 4.69) is 26.8 Å². The standard InChI is InChI=1S/C15H27N/c1-13(2)7-5-8-14(3)9-6-10-15(4)11-12-16/h11,13-14H,5-10H2,1-4H3/b15-11+. The Balaban J connectivity index is 3.48. The maximum atomic E-state index is 8.49. The molecule has 92 valence electrons. The van der Waals surface area contributed by atoms with Crippen LogP contribution in [0.25, 0.3) is 0 Å². The summed E-state index contributed by atoms with van der Waals surface area (Å²) in [5.41, 5.74) is 1.22. The van der Waals surface area contributed by atoms with Crippen LogP contribution in [0.1, 0.15) is 66.2 Å². The Morgan fingerprint density at radius 3 is 2.31 bits per heavy atom. The third-order valence-electron chi connectivity index (χ3n) is 3.06. The van der Waals surface area contributed by atoms with Crippen LogP contribution in [0.5, 0.6) is 0 Å². The molecule has 1 atom stereocenters. The lowest BCUT2D eigenvalue weighted by molar-refractivity contribution is 0.427. The van der Waals surface area contributed by atoms with Crippen LogP contribution >= 0.6 is 0 Å². The van der Waals surface area contributed by atoms with E-state index in [4.69, 9.17) is 5.26 Å². The first-order valence-corrected chi connectivity index (χ1v) is 6.61. The molecule has 0 aromatic rings. The molecule has 0 aromatic carbocycles. The van der Waals surface area contributed by atoms with E-state index in [9.17, 15) is 0 Å². The fourth-order valence-corrected chi connectivity index (χ4v) is 1.93. The van der Waals surface area contributed by atoms with Gasteiger partial charge in [0, 0.05) is 6.08 Å². The molecule has 0 aliphatic carbocycles. The molecule has 1 unspecified atom stereocenters. The Morgan fingerprint density at radius 1 is 1.12 bits per heavy atom. The molecule has 0 saturated carbocycles. The molecule has 0 radical (unpaired) electrons. The lowest BCUT2D eigenvalue weighted by Crippen LogP contribution is -1.97. The molecule has 0 fully saturated rings. The molecule has 0 N–H and O–H groups in total. The van der Waals surface area contributed by atoms with Crippen molar-refractivity contribution in [2.75, 3.05) is 0 Å². The third-order valence-corrected chi connectivity index (χ3v) is 3.06. The SMILES string of the molecule is C/C(=C\C#N)CCCC(C)CCCC(C)C. The molecule has 0 saturated heterocycles. The first-order valence-electron chi connectivity index (χ1n) is 6.61. The van der Waals surface area contributed by atoms with Crippen molar-refractivity contribution in [3.63, 3.8) is 0 Å². The quantitative estimate of drug-likeness (QED) is 0.524. The van der Waals surface area contributed by atoms with E-state index in [0.717, 1.165) is 18.3 Å². The van der Waals surface area contributed by atoms with Crippen LogP contribution < -0.4 is 0 Å². The number of nitrogens with zero attached hydrogens (tertiary/aromatic N) is 1. The summed E-state index contributed by atoms with van der Waals surface area (Å²) < 4.78 is 0. The first-order chi connectivity index (χ1) is 7.56. The van der Waals surface area contributed by atoms with Crippen LogP contribution in [0.3, 0.4) is 0 Å². The predicted molar refractivity (Wildman–Crippen MR) is 71.1 cm³/mol. The average Bonchev–Trinajstić information content (AvgIpc) is 2.17. The summed E-state index contributed by atoms with van der Waals surface area (Å²) in [5, 5.41) is 8.49. The highest BCUT2D eigenvalue weighted by molar-refractivity contribution is 5.10. The molecule has 0 spiro atoms. The normalized spacial score (nSPS) is 13.9. The van der Waals surface area contributed by atoms with E-state index in [1.807, 2.05) is 6.92 Å². The van der Waals surface area contributed by atoms with Gasteiger partial charge in [0.1, 0.15) is 0 Å². The molecule has 0 aliphatic rings. The van der Waals surface area contributed by atoms with Crippen LogP contribution in [0.4, 0.5) is 0 Å². The summed E-state index contributed by atoms with van der Waals surface area (Å²) >= 11 is 0. The average molecular weight is 221 g/mol. The van der Waals surface area contributed by atoms with Crippen LogP contribution in [0, 0.1) is 23.2 Å². The van der Waals surface area contributed by atoms with Gasteiger partial charge in [-0.2, -0.15) is 5.26 Å². The lowest BCUT2D eigenvalue weighted by Gasteiger charge is -2.12. The Bertz CT molecular complexity index is 232. The smallest absolute Gasteiger partial charge is 0.0911 e. The number of hydrogen-bond donors (Lipinski definition) is 0. The van der Waals surface area contributed by atoms with Crippen molar-refractivity contribution in [2.45, 2.75) is 66.2 Å². The molecule has 0 heterocycles. The van der Waals surface area contributed by atoms with Crippen molar-refractivity contribution in [2.24, 2.45) is 11.8 Å². The van der Waals surface area contributed by atoms with E-state index in [1.165, 1.54) is 37.7 Å². The molecule has 0 bridgehead atoms. The summed E-state index contributed by atoms with van der Waals surface area (Å²) in [4.78, 5) is 0. The van der Waals surface area contributed by atoms with Crippen molar-refractivity contribution >= 4 is 0 Å². The van der Waals surface area contributed by atoms with E-state index >= 15 is 0 Å². The van der Waals surface area contributed by atoms with Gasteiger partial charge in [0.2, 0.25) is 0 Å². The minimum Gasteiger partial charge on any atom is -0.193 e. The topological polar surface area (TPSA) is 23.8 Å². The summed E-state index contributed by atoms with van der Waals surface area (Å²) in [5.74, 6) is 1.68. The van der Waals surface area contributed by atoms with Crippen LogP contribution in [0.2, 0.25) is 0 Å². The van der Waals surface area contributed by atoms with Crippen LogP contribution in [-0.4, -0.2) is 0 Å². The highest BCUT2D eigenvalue weighted by atomic mass is 14.2. The predicted octanol–water partition coefficient (Wildman–Crippen LogP) is 5.09. The highest BCUT2D eigenvalue weighted by Gasteiger charge is 2.03. The Kier molecular flexibility index (Phi) is 9.00. The van der Waals surface area contributed by atoms with Gasteiger partial charge in [-0.3, -0.25) is 0 Å². The highest BCUT2D eigenvalue weighted by Crippen LogP contribution is 2.18. The van der Waals surface area contributed by atoms with Gasteiger partial charge in [-0.05, 0) is 31.6 Å². The van der Waals surface area contributed by atoms with Crippen molar-refractivity contribution in [3.8, 4) is 6.07 Å². The minimum atomic E-state index is 0.841. The van der Waals surface area contributed by atoms with Gasteiger partial charge in [-0.15, -0.1) is 0 Å². The van der Waals surface area contributed by atoms with E-state index in [1.54, 1.807) is 6.08 Å². The van der Waals surface area contributed by atoms with Gasteiger partial charge in [-0.1, -0.05) is 52.0 Å². The monoisotopic (exact) mass is 221 g/mol. The molecule has 0 aromatic heterocycles. The molecule has 1 nitrogen and oxygen atoms in total. The van der Waals surface area contributed by atoms with Gasteiger partial charge in [0.15, 0.2) is 0 Å². The number of allylic oxidation sites excluding steroid dienone is 2. The Labute approximate surface area is 102 Å². The van der Waals surface area contributed by atoms with Crippen molar-refractivity contribution in [3.05, 3.63) is 11.6 Å². The fraction of sp³-hybridized carbons (Fsp3) is 0.800. The van der Waals surface area contributed by atoms with Crippen molar-refractivity contribution in [1.29, 1.82) is 5.26 Å². The first kappa shape index (κ1) is 15.2. The minimum absolute atomic E-state index is 0.841. The van der Waals surface area contributed by atoms with Crippen LogP contribution in [0.15, 0.2) is 11.6 Å². The third kappa shape index (κ3) is 9.77. The van der Waals surface area contributed by atoms with E-state index < -0.39 is 0 Å². The lowest BCUT2D eigenvalue weighted by atomic mass is 9.94. The van der Waals surface area contributed by atoms with E-state index in [0.29, 0.717) is 0 Å². The number of nitriles is 1. The summed E-state index contributed by atoms with van der Waals surface area (Å²) in [6.45, 7) is 8.98. The number of rotatable bonds is 8. The van der Waals surface area contributed by atoms with Crippen molar-refractivity contribution < 1.29 is 0 Å².